The van der Waals surface area contributed by atoms with Crippen molar-refractivity contribution < 1.29 is 9.53 Å². The fraction of sp³-hybridized carbons (Fsp3) is 0.750. The maximum absolute atomic E-state index is 10.4. The van der Waals surface area contributed by atoms with Gasteiger partial charge < -0.3 is 9.53 Å². The van der Waals surface area contributed by atoms with Crippen molar-refractivity contribution >= 4 is 23.6 Å². The molecule has 0 bridgehead atoms. The third-order valence-electron chi connectivity index (χ3n) is 1.52. The largest absolute Gasteiger partial charge is 0.483 e. The minimum Gasteiger partial charge on any atom is -0.483 e. The van der Waals surface area contributed by atoms with E-state index in [1.165, 1.54) is 0 Å². The number of carbonyl (C=O) groups is 1. The third-order valence-corrected chi connectivity index (χ3v) is 1.62. The lowest BCUT2D eigenvalue weighted by molar-refractivity contribution is -0.113. The second-order valence-electron chi connectivity index (χ2n) is 2.55. The fourth-order valence-electron chi connectivity index (χ4n) is 0.863. The molecule has 3 heteroatoms. The van der Waals surface area contributed by atoms with E-state index in [9.17, 15) is 4.79 Å². The molecule has 0 aromatic carbocycles. The van der Waals surface area contributed by atoms with Gasteiger partial charge in [-0.3, -0.25) is 0 Å². The molecular weight excluding hydrogens is 160 g/mol. The van der Waals surface area contributed by atoms with Crippen LogP contribution in [0.4, 0.5) is 0 Å². The number of ether oxygens (including phenoxy) is 1. The highest BCUT2D eigenvalue weighted by molar-refractivity contribution is 7.80. The first kappa shape index (κ1) is 10.6. The summed E-state index contributed by atoms with van der Waals surface area (Å²) in [5.41, 5.74) is 0. The normalized spacial score (nSPS) is 15.2. The highest BCUT2D eigenvalue weighted by Gasteiger charge is 2.15. The van der Waals surface area contributed by atoms with Gasteiger partial charge in [0.25, 0.3) is 0 Å². The summed E-state index contributed by atoms with van der Waals surface area (Å²) in [6, 6.07) is 0. The molecule has 2 nitrogen and oxygen atoms in total. The van der Waals surface area contributed by atoms with Gasteiger partial charge in [-0.25, -0.2) is 0 Å². The van der Waals surface area contributed by atoms with E-state index >= 15 is 0 Å². The molecule has 0 amide bonds. The smallest absolute Gasteiger partial charge is 0.157 e. The second-order valence-corrected chi connectivity index (χ2v) is 3.13. The Hall–Kier alpha value is -0.440. The molecule has 0 aromatic heterocycles. The molecule has 64 valence electrons. The summed E-state index contributed by atoms with van der Waals surface area (Å²) in [5.74, 6) is -0.0714. The van der Waals surface area contributed by atoms with E-state index in [2.05, 4.69) is 0 Å². The summed E-state index contributed by atoms with van der Waals surface area (Å²) in [5, 5.41) is 0.505. The van der Waals surface area contributed by atoms with E-state index in [1.54, 1.807) is 6.92 Å². The maximum Gasteiger partial charge on any atom is 0.157 e. The van der Waals surface area contributed by atoms with Crippen LogP contribution in [0.15, 0.2) is 0 Å². The lowest BCUT2D eigenvalue weighted by Crippen LogP contribution is -2.23. The molecule has 0 saturated heterocycles. The second kappa shape index (κ2) is 5.24. The average molecular weight is 174 g/mol. The van der Waals surface area contributed by atoms with Crippen LogP contribution in [-0.4, -0.2) is 17.4 Å². The van der Waals surface area contributed by atoms with Crippen molar-refractivity contribution in [1.82, 2.24) is 0 Å². The lowest BCUT2D eigenvalue weighted by Gasteiger charge is -2.18. The third kappa shape index (κ3) is 4.09. The first-order valence-electron chi connectivity index (χ1n) is 3.74. The zero-order chi connectivity index (χ0) is 8.85. The Kier molecular flexibility index (Phi) is 5.03. The minimum atomic E-state index is -0.0714. The molecule has 2 unspecified atom stereocenters. The molecule has 2 atom stereocenters. The Morgan fingerprint density at radius 2 is 2.27 bits per heavy atom. The Morgan fingerprint density at radius 1 is 1.73 bits per heavy atom. The first-order chi connectivity index (χ1) is 5.11. The molecule has 0 N–H and O–H groups in total. The Labute approximate surface area is 72.9 Å². The van der Waals surface area contributed by atoms with E-state index < -0.39 is 0 Å². The van der Waals surface area contributed by atoms with Crippen molar-refractivity contribution in [1.29, 1.82) is 0 Å². The number of hydrogen-bond donors (Lipinski definition) is 0. The summed E-state index contributed by atoms with van der Waals surface area (Å²) in [6.07, 6.45) is 1.66. The number of carbonyl (C=O) groups excluding carboxylic acids is 1. The van der Waals surface area contributed by atoms with Crippen molar-refractivity contribution in [3.8, 4) is 0 Å². The molecular formula is C8H14O2S. The van der Waals surface area contributed by atoms with E-state index in [4.69, 9.17) is 17.0 Å². The molecule has 0 spiro atoms. The van der Waals surface area contributed by atoms with E-state index in [1.807, 2.05) is 13.8 Å². The van der Waals surface area contributed by atoms with Gasteiger partial charge in [0.05, 0.1) is 0 Å². The summed E-state index contributed by atoms with van der Waals surface area (Å²) >= 11 is 4.77. The van der Waals surface area contributed by atoms with E-state index in [0.29, 0.717) is 5.05 Å². The van der Waals surface area contributed by atoms with Gasteiger partial charge in [0.15, 0.2) is 5.05 Å². The minimum absolute atomic E-state index is 0.0509. The molecule has 0 aliphatic carbocycles. The molecule has 0 aromatic rings. The van der Waals surface area contributed by atoms with Crippen LogP contribution in [0.25, 0.3) is 0 Å². The van der Waals surface area contributed by atoms with Gasteiger partial charge in [-0.1, -0.05) is 13.8 Å². The van der Waals surface area contributed by atoms with Crippen LogP contribution in [0.1, 0.15) is 27.2 Å². The average Bonchev–Trinajstić information content (AvgIpc) is 1.98. The van der Waals surface area contributed by atoms with Gasteiger partial charge in [-0.2, -0.15) is 0 Å². The summed E-state index contributed by atoms with van der Waals surface area (Å²) < 4.78 is 5.25. The van der Waals surface area contributed by atoms with Gasteiger partial charge >= 0.3 is 0 Å². The number of hydrogen-bond acceptors (Lipinski definition) is 3. The zero-order valence-corrected chi connectivity index (χ0v) is 7.98. The molecule has 0 saturated carbocycles. The van der Waals surface area contributed by atoms with Gasteiger partial charge in [0.1, 0.15) is 12.4 Å². The Balaban J connectivity index is 3.93. The fourth-order valence-corrected chi connectivity index (χ4v) is 0.987. The van der Waals surface area contributed by atoms with Gasteiger partial charge in [-0.05, 0) is 18.6 Å². The zero-order valence-electron chi connectivity index (χ0n) is 7.16. The molecule has 0 radical (unpaired) electrons. The SMILES string of the molecule is CCC(OC(C)=S)C(C)C=O. The van der Waals surface area contributed by atoms with Crippen LogP contribution < -0.4 is 0 Å². The predicted molar refractivity (Wildman–Crippen MR) is 48.7 cm³/mol. The van der Waals surface area contributed by atoms with Crippen LogP contribution in [-0.2, 0) is 9.53 Å². The summed E-state index contributed by atoms with van der Waals surface area (Å²) in [6.45, 7) is 5.53. The van der Waals surface area contributed by atoms with Gasteiger partial charge in [0, 0.05) is 12.8 Å². The van der Waals surface area contributed by atoms with Crippen LogP contribution in [0.3, 0.4) is 0 Å². The van der Waals surface area contributed by atoms with Gasteiger partial charge in [-0.15, -0.1) is 0 Å². The lowest BCUT2D eigenvalue weighted by atomic mass is 10.0. The van der Waals surface area contributed by atoms with Crippen molar-refractivity contribution in [2.24, 2.45) is 5.92 Å². The predicted octanol–water partition coefficient (Wildman–Crippen LogP) is 1.96. The quantitative estimate of drug-likeness (QED) is 0.481. The van der Waals surface area contributed by atoms with E-state index in [0.717, 1.165) is 12.7 Å². The summed E-state index contributed by atoms with van der Waals surface area (Å²) in [4.78, 5) is 10.4. The number of aldehydes is 1. The highest BCUT2D eigenvalue weighted by atomic mass is 32.1. The van der Waals surface area contributed by atoms with Crippen molar-refractivity contribution in [3.05, 3.63) is 0 Å². The maximum atomic E-state index is 10.4. The molecule has 0 fully saturated rings. The summed E-state index contributed by atoms with van der Waals surface area (Å²) in [7, 11) is 0. The first-order valence-corrected chi connectivity index (χ1v) is 4.15. The van der Waals surface area contributed by atoms with Crippen LogP contribution >= 0.6 is 12.2 Å². The molecule has 0 aliphatic heterocycles. The van der Waals surface area contributed by atoms with Crippen LogP contribution in [0.2, 0.25) is 0 Å². The van der Waals surface area contributed by atoms with Crippen LogP contribution in [0, 0.1) is 5.92 Å². The molecule has 0 aliphatic rings. The topological polar surface area (TPSA) is 26.3 Å². The van der Waals surface area contributed by atoms with Crippen molar-refractivity contribution in [2.45, 2.75) is 33.3 Å². The molecule has 0 rings (SSSR count). The standard InChI is InChI=1S/C8H14O2S/c1-4-8(6(2)5-9)10-7(3)11/h5-6,8H,4H2,1-3H3. The van der Waals surface area contributed by atoms with Crippen molar-refractivity contribution in [2.75, 3.05) is 0 Å². The Bertz CT molecular complexity index is 145. The molecule has 11 heavy (non-hydrogen) atoms. The molecule has 0 heterocycles. The highest BCUT2D eigenvalue weighted by Crippen LogP contribution is 2.09. The number of rotatable bonds is 4. The Morgan fingerprint density at radius 3 is 2.55 bits per heavy atom. The van der Waals surface area contributed by atoms with Crippen molar-refractivity contribution in [3.63, 3.8) is 0 Å². The van der Waals surface area contributed by atoms with Gasteiger partial charge in [0.2, 0.25) is 0 Å². The van der Waals surface area contributed by atoms with Crippen LogP contribution in [0.5, 0.6) is 0 Å². The van der Waals surface area contributed by atoms with E-state index in [-0.39, 0.29) is 12.0 Å². The number of thiocarbonyl (C=S) groups is 1. The monoisotopic (exact) mass is 174 g/mol.